The molecule has 2 atom stereocenters. The lowest BCUT2D eigenvalue weighted by atomic mass is 9.95. The molecule has 0 unspecified atom stereocenters. The van der Waals surface area contributed by atoms with E-state index in [0.29, 0.717) is 0 Å². The minimum Gasteiger partial charge on any atom is -0.495 e. The fraction of sp³-hybridized carbons (Fsp3) is 0.478. The molecule has 2 aliphatic rings. The molecule has 2 aromatic heterocycles. The Balaban J connectivity index is 1.41. The summed E-state index contributed by atoms with van der Waals surface area (Å²) >= 11 is 0. The highest BCUT2D eigenvalue weighted by Crippen LogP contribution is 2.36. The number of likely N-dealkylation sites (N-methyl/N-ethyl adjacent to an activating group) is 1. The molecule has 7 heteroatoms. The number of ether oxygens (including phenoxy) is 1. The van der Waals surface area contributed by atoms with E-state index >= 15 is 0 Å². The Labute approximate surface area is 177 Å². The van der Waals surface area contributed by atoms with Gasteiger partial charge in [0.1, 0.15) is 17.1 Å². The Morgan fingerprint density at radius 2 is 1.87 bits per heavy atom. The molecule has 0 spiro atoms. The maximum absolute atomic E-state index is 5.54. The minimum absolute atomic E-state index is 0.171. The predicted molar refractivity (Wildman–Crippen MR) is 119 cm³/mol. The van der Waals surface area contributed by atoms with Crippen LogP contribution in [0.2, 0.25) is 0 Å². The van der Waals surface area contributed by atoms with Gasteiger partial charge in [-0.25, -0.2) is 4.98 Å². The average molecular weight is 407 g/mol. The SMILES string of the molecule is COc1cccnc1[C@@H]1CCC[C@H](c2nc3c(N4CCN(C)CC4)cccc3[nH]2)N1. The van der Waals surface area contributed by atoms with E-state index in [1.807, 2.05) is 18.3 Å². The zero-order chi connectivity index (χ0) is 20.5. The number of aromatic amines is 1. The summed E-state index contributed by atoms with van der Waals surface area (Å²) in [6.07, 6.45) is 5.09. The van der Waals surface area contributed by atoms with Crippen LogP contribution in [-0.4, -0.2) is 60.2 Å². The first-order chi connectivity index (χ1) is 14.7. The number of aromatic nitrogens is 3. The maximum Gasteiger partial charge on any atom is 0.141 e. The van der Waals surface area contributed by atoms with Crippen LogP contribution in [0.25, 0.3) is 11.0 Å². The zero-order valence-corrected chi connectivity index (χ0v) is 17.8. The van der Waals surface area contributed by atoms with Crippen LogP contribution in [0.4, 0.5) is 5.69 Å². The highest BCUT2D eigenvalue weighted by atomic mass is 16.5. The highest BCUT2D eigenvalue weighted by Gasteiger charge is 2.28. The van der Waals surface area contributed by atoms with Crippen molar-refractivity contribution in [2.75, 3.05) is 45.2 Å². The standard InChI is InChI=1S/C23H30N6O/c1-28-12-14-29(15-13-28)19-9-4-7-16-21(19)27-23(26-16)18-8-3-6-17(25-18)22-20(30-2)10-5-11-24-22/h4-5,7,9-11,17-18,25H,3,6,8,12-15H2,1-2H3,(H,26,27)/t17-,18+/m0/s1. The lowest BCUT2D eigenvalue weighted by Crippen LogP contribution is -2.44. The summed E-state index contributed by atoms with van der Waals surface area (Å²) in [5.41, 5.74) is 4.41. The van der Waals surface area contributed by atoms with Gasteiger partial charge in [0, 0.05) is 32.4 Å². The zero-order valence-electron chi connectivity index (χ0n) is 17.8. The first-order valence-corrected chi connectivity index (χ1v) is 10.9. The summed E-state index contributed by atoms with van der Waals surface area (Å²) in [4.78, 5) is 18.1. The van der Waals surface area contributed by atoms with Crippen LogP contribution in [0.1, 0.15) is 42.9 Å². The lowest BCUT2D eigenvalue weighted by molar-refractivity contribution is 0.306. The molecule has 0 amide bonds. The van der Waals surface area contributed by atoms with E-state index in [1.165, 1.54) is 5.69 Å². The quantitative estimate of drug-likeness (QED) is 0.693. The molecule has 0 saturated carbocycles. The first-order valence-electron chi connectivity index (χ1n) is 10.9. The van der Waals surface area contributed by atoms with E-state index in [-0.39, 0.29) is 12.1 Å². The van der Waals surface area contributed by atoms with E-state index in [4.69, 9.17) is 9.72 Å². The fourth-order valence-corrected chi connectivity index (χ4v) is 4.71. The smallest absolute Gasteiger partial charge is 0.141 e. The van der Waals surface area contributed by atoms with Crippen LogP contribution < -0.4 is 15.0 Å². The minimum atomic E-state index is 0.171. The van der Waals surface area contributed by atoms with Crippen molar-refractivity contribution >= 4 is 16.7 Å². The number of fused-ring (bicyclic) bond motifs is 1. The van der Waals surface area contributed by atoms with Gasteiger partial charge in [-0.1, -0.05) is 6.07 Å². The number of nitrogens with one attached hydrogen (secondary N) is 2. The molecule has 4 heterocycles. The fourth-order valence-electron chi connectivity index (χ4n) is 4.71. The first kappa shape index (κ1) is 19.3. The van der Waals surface area contributed by atoms with Crippen molar-refractivity contribution in [3.63, 3.8) is 0 Å². The van der Waals surface area contributed by atoms with Gasteiger partial charge in [-0.2, -0.15) is 0 Å². The Morgan fingerprint density at radius 3 is 2.70 bits per heavy atom. The van der Waals surface area contributed by atoms with Crippen molar-refractivity contribution < 1.29 is 4.74 Å². The number of methoxy groups -OCH3 is 1. The summed E-state index contributed by atoms with van der Waals surface area (Å²) in [6, 6.07) is 10.7. The van der Waals surface area contributed by atoms with Crippen LogP contribution in [0.5, 0.6) is 5.75 Å². The van der Waals surface area contributed by atoms with Gasteiger partial charge < -0.3 is 19.5 Å². The van der Waals surface area contributed by atoms with Gasteiger partial charge in [0.05, 0.1) is 36.1 Å². The Morgan fingerprint density at radius 1 is 1.03 bits per heavy atom. The maximum atomic E-state index is 5.54. The predicted octanol–water partition coefficient (Wildman–Crippen LogP) is 3.27. The highest BCUT2D eigenvalue weighted by molar-refractivity contribution is 5.89. The van der Waals surface area contributed by atoms with Crippen LogP contribution >= 0.6 is 0 Å². The summed E-state index contributed by atoms with van der Waals surface area (Å²) in [5, 5.41) is 3.77. The van der Waals surface area contributed by atoms with E-state index in [0.717, 1.165) is 73.7 Å². The molecule has 30 heavy (non-hydrogen) atoms. The third kappa shape index (κ3) is 3.63. The van der Waals surface area contributed by atoms with Crippen molar-refractivity contribution in [1.29, 1.82) is 0 Å². The van der Waals surface area contributed by atoms with E-state index in [1.54, 1.807) is 7.11 Å². The number of nitrogens with zero attached hydrogens (tertiary/aromatic N) is 4. The summed E-state index contributed by atoms with van der Waals surface area (Å²) in [5.74, 6) is 1.86. The Bertz CT molecular complexity index is 1010. The summed E-state index contributed by atoms with van der Waals surface area (Å²) < 4.78 is 5.54. The molecule has 0 aliphatic carbocycles. The molecule has 2 N–H and O–H groups in total. The van der Waals surface area contributed by atoms with Crippen molar-refractivity contribution in [1.82, 2.24) is 25.2 Å². The molecule has 2 aliphatic heterocycles. The van der Waals surface area contributed by atoms with Crippen molar-refractivity contribution in [2.45, 2.75) is 31.3 Å². The monoisotopic (exact) mass is 406 g/mol. The molecule has 0 bridgehead atoms. The molecular formula is C23H30N6O. The van der Waals surface area contributed by atoms with Gasteiger partial charge in [0.15, 0.2) is 0 Å². The van der Waals surface area contributed by atoms with Crippen molar-refractivity contribution in [3.05, 3.63) is 48.0 Å². The largest absolute Gasteiger partial charge is 0.495 e. The van der Waals surface area contributed by atoms with Gasteiger partial charge in [0.25, 0.3) is 0 Å². The van der Waals surface area contributed by atoms with E-state index < -0.39 is 0 Å². The molecule has 0 radical (unpaired) electrons. The third-order valence-corrected chi connectivity index (χ3v) is 6.42. The second-order valence-corrected chi connectivity index (χ2v) is 8.38. The summed E-state index contributed by atoms with van der Waals surface area (Å²) in [6.45, 7) is 4.26. The number of piperidine rings is 1. The average Bonchev–Trinajstić information content (AvgIpc) is 3.24. The summed E-state index contributed by atoms with van der Waals surface area (Å²) in [7, 11) is 3.90. The van der Waals surface area contributed by atoms with Crippen molar-refractivity contribution in [3.8, 4) is 5.75 Å². The van der Waals surface area contributed by atoms with E-state index in [9.17, 15) is 0 Å². The number of benzene rings is 1. The Hall–Kier alpha value is -2.64. The van der Waals surface area contributed by atoms with Crippen LogP contribution in [0, 0.1) is 0 Å². The van der Waals surface area contributed by atoms with Gasteiger partial charge in [0.2, 0.25) is 0 Å². The second kappa shape index (κ2) is 8.24. The normalized spacial score (nSPS) is 23.1. The molecule has 2 fully saturated rings. The molecular weight excluding hydrogens is 376 g/mol. The number of H-pyrrole nitrogens is 1. The van der Waals surface area contributed by atoms with Gasteiger partial charge in [-0.15, -0.1) is 0 Å². The number of hydrogen-bond donors (Lipinski definition) is 2. The molecule has 7 nitrogen and oxygen atoms in total. The van der Waals surface area contributed by atoms with Crippen LogP contribution in [0.3, 0.4) is 0 Å². The number of hydrogen-bond acceptors (Lipinski definition) is 6. The van der Waals surface area contributed by atoms with Crippen LogP contribution in [-0.2, 0) is 0 Å². The van der Waals surface area contributed by atoms with Gasteiger partial charge in [-0.3, -0.25) is 10.3 Å². The number of piperazine rings is 1. The number of imidazole rings is 1. The van der Waals surface area contributed by atoms with Gasteiger partial charge in [-0.05, 0) is 50.6 Å². The topological polar surface area (TPSA) is 69.3 Å². The molecule has 3 aromatic rings. The molecule has 5 rings (SSSR count). The van der Waals surface area contributed by atoms with E-state index in [2.05, 4.69) is 50.3 Å². The lowest BCUT2D eigenvalue weighted by Gasteiger charge is -2.34. The third-order valence-electron chi connectivity index (χ3n) is 6.42. The molecule has 1 aromatic carbocycles. The molecule has 158 valence electrons. The second-order valence-electron chi connectivity index (χ2n) is 8.38. The number of pyridine rings is 1. The van der Waals surface area contributed by atoms with Crippen molar-refractivity contribution in [2.24, 2.45) is 0 Å². The Kier molecular flexibility index (Phi) is 5.31. The molecule has 2 saturated heterocycles. The number of para-hydroxylation sites is 1. The van der Waals surface area contributed by atoms with Gasteiger partial charge >= 0.3 is 0 Å². The number of rotatable bonds is 4. The van der Waals surface area contributed by atoms with Crippen LogP contribution in [0.15, 0.2) is 36.5 Å². The number of anilines is 1.